The average Bonchev–Trinajstić information content (AvgIpc) is 2.24. The Balaban J connectivity index is 2.34. The topological polar surface area (TPSA) is 32.3 Å². The van der Waals surface area contributed by atoms with E-state index in [0.717, 1.165) is 17.6 Å². The Labute approximate surface area is 110 Å². The van der Waals surface area contributed by atoms with Crippen molar-refractivity contribution in [3.05, 3.63) is 28.2 Å². The van der Waals surface area contributed by atoms with Gasteiger partial charge in [0.2, 0.25) is 0 Å². The maximum absolute atomic E-state index is 9.36. The van der Waals surface area contributed by atoms with Crippen LogP contribution in [0.25, 0.3) is 0 Å². The van der Waals surface area contributed by atoms with Crippen LogP contribution in [0, 0.1) is 5.92 Å². The molecule has 90 valence electrons. The standard InChI is InChI=1S/C12H18BrNOS/c1-9(8-16-2)6-14-7-10-3-4-12(15)11(13)5-10/h3-5,9,14-15H,6-8H2,1-2H3. The molecule has 0 heterocycles. The zero-order chi connectivity index (χ0) is 12.0. The van der Waals surface area contributed by atoms with Crippen LogP contribution in [0.4, 0.5) is 0 Å². The first-order chi connectivity index (χ1) is 7.63. The zero-order valence-corrected chi connectivity index (χ0v) is 12.1. The van der Waals surface area contributed by atoms with Crippen molar-refractivity contribution in [1.29, 1.82) is 0 Å². The molecule has 16 heavy (non-hydrogen) atoms. The number of phenols is 1. The molecule has 0 aliphatic carbocycles. The minimum atomic E-state index is 0.291. The lowest BCUT2D eigenvalue weighted by Gasteiger charge is -2.11. The second-order valence-corrected chi connectivity index (χ2v) is 5.74. The third kappa shape index (κ3) is 4.76. The first-order valence-corrected chi connectivity index (χ1v) is 7.49. The third-order valence-electron chi connectivity index (χ3n) is 2.29. The lowest BCUT2D eigenvalue weighted by atomic mass is 10.2. The Morgan fingerprint density at radius 2 is 2.25 bits per heavy atom. The number of hydrogen-bond acceptors (Lipinski definition) is 3. The molecule has 4 heteroatoms. The number of aromatic hydroxyl groups is 1. The summed E-state index contributed by atoms with van der Waals surface area (Å²) >= 11 is 5.19. The predicted octanol–water partition coefficient (Wildman–Crippen LogP) is 3.24. The molecule has 2 nitrogen and oxygen atoms in total. The van der Waals surface area contributed by atoms with Crippen LogP contribution in [0.1, 0.15) is 12.5 Å². The van der Waals surface area contributed by atoms with Crippen molar-refractivity contribution < 1.29 is 5.11 Å². The monoisotopic (exact) mass is 303 g/mol. The molecule has 0 aromatic heterocycles. The molecule has 0 aliphatic heterocycles. The van der Waals surface area contributed by atoms with Crippen LogP contribution in [-0.4, -0.2) is 23.7 Å². The molecule has 0 saturated heterocycles. The molecule has 0 aliphatic rings. The van der Waals surface area contributed by atoms with Gasteiger partial charge in [0.1, 0.15) is 5.75 Å². The lowest BCUT2D eigenvalue weighted by Crippen LogP contribution is -2.21. The summed E-state index contributed by atoms with van der Waals surface area (Å²) in [6.45, 7) is 4.12. The number of phenolic OH excluding ortho intramolecular Hbond substituents is 1. The first kappa shape index (κ1) is 13.9. The van der Waals surface area contributed by atoms with Gasteiger partial charge in [-0.3, -0.25) is 0 Å². The zero-order valence-electron chi connectivity index (χ0n) is 9.66. The van der Waals surface area contributed by atoms with E-state index in [2.05, 4.69) is 34.4 Å². The van der Waals surface area contributed by atoms with Gasteiger partial charge in [0.25, 0.3) is 0 Å². The second kappa shape index (κ2) is 7.20. The molecule has 0 amide bonds. The van der Waals surface area contributed by atoms with Crippen LogP contribution in [0.5, 0.6) is 5.75 Å². The molecule has 0 saturated carbocycles. The minimum absolute atomic E-state index is 0.291. The number of benzene rings is 1. The van der Waals surface area contributed by atoms with Gasteiger partial charge in [-0.25, -0.2) is 0 Å². The fraction of sp³-hybridized carbons (Fsp3) is 0.500. The van der Waals surface area contributed by atoms with Gasteiger partial charge in [-0.05, 0) is 58.1 Å². The number of rotatable bonds is 6. The van der Waals surface area contributed by atoms with Crippen molar-refractivity contribution in [3.8, 4) is 5.75 Å². The van der Waals surface area contributed by atoms with Crippen molar-refractivity contribution in [2.24, 2.45) is 5.92 Å². The summed E-state index contributed by atoms with van der Waals surface area (Å²) in [4.78, 5) is 0. The quantitative estimate of drug-likeness (QED) is 0.846. The second-order valence-electron chi connectivity index (χ2n) is 3.98. The van der Waals surface area contributed by atoms with E-state index in [1.54, 1.807) is 6.07 Å². The fourth-order valence-electron chi connectivity index (χ4n) is 1.47. The van der Waals surface area contributed by atoms with Crippen molar-refractivity contribution in [1.82, 2.24) is 5.32 Å². The molecule has 0 spiro atoms. The Bertz CT molecular complexity index is 333. The Hall–Kier alpha value is -0.190. The first-order valence-electron chi connectivity index (χ1n) is 5.30. The summed E-state index contributed by atoms with van der Waals surface area (Å²) in [7, 11) is 0. The molecule has 1 aromatic rings. The lowest BCUT2D eigenvalue weighted by molar-refractivity contribution is 0.471. The van der Waals surface area contributed by atoms with Crippen LogP contribution in [-0.2, 0) is 6.54 Å². The highest BCUT2D eigenvalue weighted by molar-refractivity contribution is 9.10. The molecule has 0 fully saturated rings. The van der Waals surface area contributed by atoms with Crippen LogP contribution in [0.3, 0.4) is 0 Å². The molecule has 2 N–H and O–H groups in total. The molecule has 1 unspecified atom stereocenters. The summed E-state index contributed by atoms with van der Waals surface area (Å²) in [6, 6.07) is 5.60. The summed E-state index contributed by atoms with van der Waals surface area (Å²) in [5.74, 6) is 2.17. The van der Waals surface area contributed by atoms with Gasteiger partial charge in [-0.1, -0.05) is 13.0 Å². The highest BCUT2D eigenvalue weighted by atomic mass is 79.9. The summed E-state index contributed by atoms with van der Waals surface area (Å²) < 4.78 is 0.754. The van der Waals surface area contributed by atoms with Gasteiger partial charge in [0, 0.05) is 6.54 Å². The molecule has 1 aromatic carbocycles. The smallest absolute Gasteiger partial charge is 0.129 e. The van der Waals surface area contributed by atoms with Gasteiger partial charge in [0.15, 0.2) is 0 Å². The van der Waals surface area contributed by atoms with E-state index in [1.807, 2.05) is 23.9 Å². The van der Waals surface area contributed by atoms with Gasteiger partial charge in [-0.2, -0.15) is 11.8 Å². The number of thioether (sulfide) groups is 1. The van der Waals surface area contributed by atoms with Crippen LogP contribution < -0.4 is 5.32 Å². The number of hydrogen-bond donors (Lipinski definition) is 2. The Kier molecular flexibility index (Phi) is 6.24. The highest BCUT2D eigenvalue weighted by Crippen LogP contribution is 2.24. The predicted molar refractivity (Wildman–Crippen MR) is 75.1 cm³/mol. The minimum Gasteiger partial charge on any atom is -0.507 e. The molecule has 1 rings (SSSR count). The molecular formula is C12H18BrNOS. The van der Waals surface area contributed by atoms with Crippen molar-refractivity contribution in [2.75, 3.05) is 18.6 Å². The summed E-state index contributed by atoms with van der Waals surface area (Å²) in [5.41, 5.74) is 1.18. The normalized spacial score (nSPS) is 12.7. The largest absolute Gasteiger partial charge is 0.507 e. The maximum atomic E-state index is 9.36. The van der Waals surface area contributed by atoms with Crippen LogP contribution >= 0.6 is 27.7 Å². The maximum Gasteiger partial charge on any atom is 0.129 e. The third-order valence-corrected chi connectivity index (χ3v) is 3.82. The average molecular weight is 304 g/mol. The van der Waals surface area contributed by atoms with E-state index >= 15 is 0 Å². The van der Waals surface area contributed by atoms with Gasteiger partial charge in [0.05, 0.1) is 4.47 Å². The number of halogens is 1. The molecule has 0 bridgehead atoms. The van der Waals surface area contributed by atoms with Crippen molar-refractivity contribution >= 4 is 27.7 Å². The van der Waals surface area contributed by atoms with Crippen LogP contribution in [0.15, 0.2) is 22.7 Å². The van der Waals surface area contributed by atoms with E-state index in [9.17, 15) is 5.11 Å². The highest BCUT2D eigenvalue weighted by Gasteiger charge is 2.02. The van der Waals surface area contributed by atoms with E-state index in [-0.39, 0.29) is 0 Å². The SMILES string of the molecule is CSCC(C)CNCc1ccc(O)c(Br)c1. The van der Waals surface area contributed by atoms with Gasteiger partial charge in [-0.15, -0.1) is 0 Å². The van der Waals surface area contributed by atoms with Gasteiger partial charge < -0.3 is 10.4 Å². The Morgan fingerprint density at radius 1 is 1.50 bits per heavy atom. The Morgan fingerprint density at radius 3 is 2.88 bits per heavy atom. The van der Waals surface area contributed by atoms with Crippen molar-refractivity contribution in [3.63, 3.8) is 0 Å². The molecular weight excluding hydrogens is 286 g/mol. The van der Waals surface area contributed by atoms with E-state index in [0.29, 0.717) is 11.7 Å². The van der Waals surface area contributed by atoms with Crippen LogP contribution in [0.2, 0.25) is 0 Å². The number of nitrogens with one attached hydrogen (secondary N) is 1. The summed E-state index contributed by atoms with van der Waals surface area (Å²) in [5, 5.41) is 12.8. The fourth-order valence-corrected chi connectivity index (χ4v) is 2.58. The molecule has 0 radical (unpaired) electrons. The van der Waals surface area contributed by atoms with E-state index in [4.69, 9.17) is 0 Å². The van der Waals surface area contributed by atoms with Crippen molar-refractivity contribution in [2.45, 2.75) is 13.5 Å². The van der Waals surface area contributed by atoms with Gasteiger partial charge >= 0.3 is 0 Å². The van der Waals surface area contributed by atoms with E-state index in [1.165, 1.54) is 11.3 Å². The van der Waals surface area contributed by atoms with E-state index < -0.39 is 0 Å². The summed E-state index contributed by atoms with van der Waals surface area (Å²) in [6.07, 6.45) is 2.13. The molecule has 1 atom stereocenters.